The lowest BCUT2D eigenvalue weighted by Crippen LogP contribution is -2.02. The molecule has 19 heavy (non-hydrogen) atoms. The summed E-state index contributed by atoms with van der Waals surface area (Å²) in [6.45, 7) is 0. The first-order valence-corrected chi connectivity index (χ1v) is 6.80. The Morgan fingerprint density at radius 1 is 1.05 bits per heavy atom. The minimum absolute atomic E-state index is 0.175. The molecule has 0 saturated heterocycles. The molecule has 0 nitrogen and oxygen atoms in total. The van der Waals surface area contributed by atoms with Crippen LogP contribution in [0, 0.1) is 17.5 Å². The summed E-state index contributed by atoms with van der Waals surface area (Å²) in [7, 11) is 0. The van der Waals surface area contributed by atoms with Crippen molar-refractivity contribution in [2.24, 2.45) is 0 Å². The SMILES string of the molecule is Fc1ccc(C(Br)Cc2c(F)cccc2Cl)c(F)c1. The minimum atomic E-state index is -0.672. The van der Waals surface area contributed by atoms with E-state index in [1.54, 1.807) is 6.07 Å². The predicted molar refractivity (Wildman–Crippen MR) is 73.1 cm³/mol. The van der Waals surface area contributed by atoms with Crippen LogP contribution < -0.4 is 0 Å². The molecule has 0 spiro atoms. The Kier molecular flexibility index (Phi) is 4.53. The molecule has 0 amide bonds. The van der Waals surface area contributed by atoms with E-state index in [9.17, 15) is 13.2 Å². The van der Waals surface area contributed by atoms with Crippen LogP contribution in [0.4, 0.5) is 13.2 Å². The third kappa shape index (κ3) is 3.31. The second-order valence-electron chi connectivity index (χ2n) is 4.04. The monoisotopic (exact) mass is 348 g/mol. The van der Waals surface area contributed by atoms with Gasteiger partial charge in [0.2, 0.25) is 0 Å². The van der Waals surface area contributed by atoms with Crippen molar-refractivity contribution in [1.82, 2.24) is 0 Å². The van der Waals surface area contributed by atoms with Gasteiger partial charge in [-0.15, -0.1) is 0 Å². The second-order valence-corrected chi connectivity index (χ2v) is 5.55. The van der Waals surface area contributed by atoms with Gasteiger partial charge in [0.05, 0.1) is 0 Å². The lowest BCUT2D eigenvalue weighted by atomic mass is 10.0. The van der Waals surface area contributed by atoms with Crippen molar-refractivity contribution in [1.29, 1.82) is 0 Å². The van der Waals surface area contributed by atoms with Gasteiger partial charge in [0.15, 0.2) is 0 Å². The first-order valence-electron chi connectivity index (χ1n) is 5.51. The maximum Gasteiger partial charge on any atom is 0.130 e. The number of alkyl halides is 1. The van der Waals surface area contributed by atoms with Crippen molar-refractivity contribution in [3.8, 4) is 0 Å². The molecule has 0 heterocycles. The smallest absolute Gasteiger partial charge is 0.130 e. The summed E-state index contributed by atoms with van der Waals surface area (Å²) >= 11 is 9.19. The molecule has 2 aromatic rings. The molecular formula is C14H9BrClF3. The van der Waals surface area contributed by atoms with Gasteiger partial charge in [-0.3, -0.25) is 0 Å². The summed E-state index contributed by atoms with van der Waals surface area (Å²) in [6, 6.07) is 7.66. The highest BCUT2D eigenvalue weighted by molar-refractivity contribution is 9.09. The van der Waals surface area contributed by atoms with Crippen LogP contribution in [0.25, 0.3) is 0 Å². The van der Waals surface area contributed by atoms with Gasteiger partial charge in [-0.25, -0.2) is 13.2 Å². The molecule has 2 aromatic carbocycles. The molecule has 0 N–H and O–H groups in total. The Morgan fingerprint density at radius 3 is 2.42 bits per heavy atom. The quantitative estimate of drug-likeness (QED) is 0.648. The predicted octanol–water partition coefficient (Wildman–Crippen LogP) is 5.44. The summed E-state index contributed by atoms with van der Waals surface area (Å²) in [5, 5.41) is 0.284. The van der Waals surface area contributed by atoms with Gasteiger partial charge in [-0.05, 0) is 24.6 Å². The average molecular weight is 350 g/mol. The van der Waals surface area contributed by atoms with Gasteiger partial charge >= 0.3 is 0 Å². The topological polar surface area (TPSA) is 0 Å². The fourth-order valence-electron chi connectivity index (χ4n) is 1.77. The van der Waals surface area contributed by atoms with Crippen LogP contribution in [-0.4, -0.2) is 0 Å². The van der Waals surface area contributed by atoms with Crippen molar-refractivity contribution in [2.45, 2.75) is 11.2 Å². The van der Waals surface area contributed by atoms with Crippen LogP contribution >= 0.6 is 27.5 Å². The highest BCUT2D eigenvalue weighted by Gasteiger charge is 2.17. The third-order valence-electron chi connectivity index (χ3n) is 2.74. The van der Waals surface area contributed by atoms with Crippen LogP contribution in [0.1, 0.15) is 16.0 Å². The molecule has 0 radical (unpaired) electrons. The van der Waals surface area contributed by atoms with Gasteiger partial charge in [-0.2, -0.15) is 0 Å². The van der Waals surface area contributed by atoms with Crippen molar-refractivity contribution in [3.63, 3.8) is 0 Å². The van der Waals surface area contributed by atoms with Gasteiger partial charge in [0.1, 0.15) is 17.5 Å². The molecule has 0 aromatic heterocycles. The molecule has 0 aliphatic heterocycles. The van der Waals surface area contributed by atoms with E-state index >= 15 is 0 Å². The Bertz CT molecular complexity index is 581. The van der Waals surface area contributed by atoms with E-state index in [2.05, 4.69) is 15.9 Å². The lowest BCUT2D eigenvalue weighted by Gasteiger charge is -2.13. The fourth-order valence-corrected chi connectivity index (χ4v) is 2.71. The molecule has 100 valence electrons. The molecule has 1 atom stereocenters. The van der Waals surface area contributed by atoms with Gasteiger partial charge < -0.3 is 0 Å². The Hall–Kier alpha value is -1.00. The van der Waals surface area contributed by atoms with Crippen LogP contribution in [0.2, 0.25) is 5.02 Å². The molecule has 2 rings (SSSR count). The maximum atomic E-state index is 13.6. The van der Waals surface area contributed by atoms with E-state index in [-0.39, 0.29) is 17.0 Å². The zero-order chi connectivity index (χ0) is 14.0. The second kappa shape index (κ2) is 5.97. The van der Waals surface area contributed by atoms with E-state index in [0.29, 0.717) is 5.56 Å². The number of hydrogen-bond donors (Lipinski definition) is 0. The molecular weight excluding hydrogens is 341 g/mol. The van der Waals surface area contributed by atoms with Crippen LogP contribution in [0.3, 0.4) is 0 Å². The molecule has 1 unspecified atom stereocenters. The third-order valence-corrected chi connectivity index (χ3v) is 3.92. The first kappa shape index (κ1) is 14.4. The molecule has 0 aliphatic rings. The normalized spacial score (nSPS) is 12.5. The lowest BCUT2D eigenvalue weighted by molar-refractivity contribution is 0.568. The number of benzene rings is 2. The van der Waals surface area contributed by atoms with Gasteiger partial charge in [-0.1, -0.05) is 39.7 Å². The minimum Gasteiger partial charge on any atom is -0.207 e. The Balaban J connectivity index is 2.28. The Morgan fingerprint density at radius 2 is 1.79 bits per heavy atom. The number of halogens is 5. The summed E-state index contributed by atoms with van der Waals surface area (Å²) in [5.74, 6) is -1.77. The molecule has 0 fully saturated rings. The molecule has 5 heteroatoms. The van der Waals surface area contributed by atoms with E-state index in [4.69, 9.17) is 11.6 Å². The zero-order valence-electron chi connectivity index (χ0n) is 9.64. The standard InChI is InChI=1S/C14H9BrClF3/c15-11(9-5-4-8(17)6-14(9)19)7-10-12(16)2-1-3-13(10)18/h1-6,11H,7H2. The summed E-state index contributed by atoms with van der Waals surface area (Å²) in [6.07, 6.45) is 0.175. The Labute approximate surface area is 122 Å². The van der Waals surface area contributed by atoms with E-state index < -0.39 is 22.3 Å². The van der Waals surface area contributed by atoms with Crippen molar-refractivity contribution in [3.05, 3.63) is 70.0 Å². The highest BCUT2D eigenvalue weighted by Crippen LogP contribution is 2.32. The van der Waals surface area contributed by atoms with Crippen LogP contribution in [-0.2, 0) is 6.42 Å². The molecule has 0 saturated carbocycles. The van der Waals surface area contributed by atoms with E-state index in [1.807, 2.05) is 0 Å². The number of rotatable bonds is 3. The molecule has 0 aliphatic carbocycles. The number of hydrogen-bond acceptors (Lipinski definition) is 0. The van der Waals surface area contributed by atoms with Crippen LogP contribution in [0.15, 0.2) is 36.4 Å². The van der Waals surface area contributed by atoms with E-state index in [1.165, 1.54) is 18.2 Å². The average Bonchev–Trinajstić information content (AvgIpc) is 2.33. The summed E-state index contributed by atoms with van der Waals surface area (Å²) in [4.78, 5) is -0.484. The van der Waals surface area contributed by atoms with Gasteiger partial charge in [0, 0.05) is 27.0 Å². The highest BCUT2D eigenvalue weighted by atomic mass is 79.9. The first-order chi connectivity index (χ1) is 8.99. The molecule has 0 bridgehead atoms. The van der Waals surface area contributed by atoms with Crippen molar-refractivity contribution >= 4 is 27.5 Å². The summed E-state index contributed by atoms with van der Waals surface area (Å²) in [5.41, 5.74) is 0.565. The van der Waals surface area contributed by atoms with E-state index in [0.717, 1.165) is 12.1 Å². The largest absolute Gasteiger partial charge is 0.207 e. The van der Waals surface area contributed by atoms with Crippen molar-refractivity contribution < 1.29 is 13.2 Å². The van der Waals surface area contributed by atoms with Crippen LogP contribution in [0.5, 0.6) is 0 Å². The fraction of sp³-hybridized carbons (Fsp3) is 0.143. The summed E-state index contributed by atoms with van der Waals surface area (Å²) < 4.78 is 40.1. The zero-order valence-corrected chi connectivity index (χ0v) is 12.0. The maximum absolute atomic E-state index is 13.6. The van der Waals surface area contributed by atoms with Gasteiger partial charge in [0.25, 0.3) is 0 Å². The van der Waals surface area contributed by atoms with Crippen molar-refractivity contribution in [2.75, 3.05) is 0 Å².